The van der Waals surface area contributed by atoms with E-state index >= 15 is 0 Å². The van der Waals surface area contributed by atoms with E-state index in [-0.39, 0.29) is 11.8 Å². The fraction of sp³-hybridized carbons (Fsp3) is 0.850. The van der Waals surface area contributed by atoms with Gasteiger partial charge < -0.3 is 14.3 Å². The first-order valence-corrected chi connectivity index (χ1v) is 10.7. The van der Waals surface area contributed by atoms with Crippen LogP contribution in [0.3, 0.4) is 0 Å². The average molecular weight is 376 g/mol. The summed E-state index contributed by atoms with van der Waals surface area (Å²) in [5, 5.41) is 4.15. The first-order valence-electron chi connectivity index (χ1n) is 10.7. The molecule has 150 valence electrons. The Morgan fingerprint density at radius 3 is 2.44 bits per heavy atom. The van der Waals surface area contributed by atoms with Gasteiger partial charge in [-0.3, -0.25) is 9.69 Å². The van der Waals surface area contributed by atoms with Crippen molar-refractivity contribution >= 4 is 11.9 Å². The number of aromatic nitrogens is 2. The second-order valence-corrected chi connectivity index (χ2v) is 8.67. The number of hydrogen-bond donors (Lipinski definition) is 0. The molecule has 1 atom stereocenters. The zero-order chi connectivity index (χ0) is 18.8. The molecule has 0 aliphatic carbocycles. The molecule has 3 aliphatic rings. The van der Waals surface area contributed by atoms with Gasteiger partial charge in [-0.15, -0.1) is 0 Å². The minimum Gasteiger partial charge on any atom is -0.342 e. The van der Waals surface area contributed by atoms with Gasteiger partial charge in [-0.2, -0.15) is 4.98 Å². The molecule has 0 spiro atoms. The van der Waals surface area contributed by atoms with Crippen LogP contribution in [0.25, 0.3) is 0 Å². The van der Waals surface area contributed by atoms with Gasteiger partial charge in [0.05, 0.1) is 5.92 Å². The monoisotopic (exact) mass is 375 g/mol. The van der Waals surface area contributed by atoms with E-state index in [1.54, 1.807) is 0 Å². The SMILES string of the molecule is CC(C)c1nc(N2CCC(N3CCC[C@@H](C(=O)N4CCCC4)C3)CC2)no1. The Kier molecular flexibility index (Phi) is 5.66. The molecule has 1 aromatic heterocycles. The molecule has 0 aromatic carbocycles. The normalized spacial score (nSPS) is 25.5. The molecule has 7 heteroatoms. The van der Waals surface area contributed by atoms with Gasteiger partial charge in [0, 0.05) is 44.7 Å². The van der Waals surface area contributed by atoms with Crippen LogP contribution in [-0.4, -0.2) is 71.2 Å². The van der Waals surface area contributed by atoms with Gasteiger partial charge in [-0.25, -0.2) is 0 Å². The molecule has 1 amide bonds. The van der Waals surface area contributed by atoms with Crippen molar-refractivity contribution in [3.8, 4) is 0 Å². The number of anilines is 1. The largest absolute Gasteiger partial charge is 0.342 e. The number of amides is 1. The highest BCUT2D eigenvalue weighted by Crippen LogP contribution is 2.27. The van der Waals surface area contributed by atoms with Crippen molar-refractivity contribution in [1.82, 2.24) is 19.9 Å². The van der Waals surface area contributed by atoms with Gasteiger partial charge in [0.15, 0.2) is 0 Å². The molecular weight excluding hydrogens is 342 g/mol. The van der Waals surface area contributed by atoms with Crippen LogP contribution in [0.2, 0.25) is 0 Å². The molecule has 7 nitrogen and oxygen atoms in total. The molecule has 0 N–H and O–H groups in total. The van der Waals surface area contributed by atoms with E-state index < -0.39 is 0 Å². The molecule has 3 saturated heterocycles. The van der Waals surface area contributed by atoms with E-state index in [1.165, 1.54) is 12.8 Å². The molecule has 0 bridgehead atoms. The third kappa shape index (κ3) is 4.13. The van der Waals surface area contributed by atoms with Crippen molar-refractivity contribution in [2.75, 3.05) is 44.2 Å². The highest BCUT2D eigenvalue weighted by molar-refractivity contribution is 5.79. The van der Waals surface area contributed by atoms with Gasteiger partial charge in [0.1, 0.15) is 0 Å². The lowest BCUT2D eigenvalue weighted by Crippen LogP contribution is -2.51. The van der Waals surface area contributed by atoms with E-state index in [4.69, 9.17) is 4.52 Å². The summed E-state index contributed by atoms with van der Waals surface area (Å²) in [5.74, 6) is 2.33. The highest BCUT2D eigenvalue weighted by atomic mass is 16.5. The summed E-state index contributed by atoms with van der Waals surface area (Å²) >= 11 is 0. The number of nitrogens with zero attached hydrogens (tertiary/aromatic N) is 5. The molecular formula is C20H33N5O2. The smallest absolute Gasteiger partial charge is 0.266 e. The van der Waals surface area contributed by atoms with Gasteiger partial charge in [0.2, 0.25) is 11.8 Å². The lowest BCUT2D eigenvalue weighted by Gasteiger charge is -2.42. The Morgan fingerprint density at radius 2 is 1.78 bits per heavy atom. The summed E-state index contributed by atoms with van der Waals surface area (Å²) < 4.78 is 5.36. The summed E-state index contributed by atoms with van der Waals surface area (Å²) in [6.45, 7) is 10.1. The Hall–Kier alpha value is -1.63. The number of carbonyl (C=O) groups excluding carboxylic acids is 1. The fourth-order valence-corrected chi connectivity index (χ4v) is 4.76. The van der Waals surface area contributed by atoms with Crippen LogP contribution < -0.4 is 4.90 Å². The first-order chi connectivity index (χ1) is 13.1. The van der Waals surface area contributed by atoms with E-state index in [2.05, 4.69) is 38.7 Å². The van der Waals surface area contributed by atoms with E-state index in [9.17, 15) is 4.79 Å². The Bertz CT molecular complexity index is 632. The molecule has 0 unspecified atom stereocenters. The average Bonchev–Trinajstić information content (AvgIpc) is 3.40. The maximum atomic E-state index is 12.8. The van der Waals surface area contributed by atoms with Crippen molar-refractivity contribution in [2.24, 2.45) is 5.92 Å². The lowest BCUT2D eigenvalue weighted by molar-refractivity contribution is -0.136. The predicted octanol–water partition coefficient (Wildman–Crippen LogP) is 2.50. The second-order valence-electron chi connectivity index (χ2n) is 8.67. The quantitative estimate of drug-likeness (QED) is 0.806. The molecule has 3 aliphatic heterocycles. The minimum atomic E-state index is 0.209. The molecule has 3 fully saturated rings. The van der Waals surface area contributed by atoms with Gasteiger partial charge in [0.25, 0.3) is 5.95 Å². The minimum absolute atomic E-state index is 0.209. The number of likely N-dealkylation sites (tertiary alicyclic amines) is 2. The summed E-state index contributed by atoms with van der Waals surface area (Å²) in [4.78, 5) is 24.2. The van der Waals surface area contributed by atoms with Gasteiger partial charge in [-0.05, 0) is 50.2 Å². The van der Waals surface area contributed by atoms with Crippen molar-refractivity contribution < 1.29 is 9.32 Å². The standard InChI is InChI=1S/C20H33N5O2/c1-15(2)18-21-20(22-27-18)24-12-7-17(8-13-24)25-11-5-6-16(14-25)19(26)23-9-3-4-10-23/h15-17H,3-14H2,1-2H3/t16-/m1/s1. The highest BCUT2D eigenvalue weighted by Gasteiger charge is 2.34. The Labute approximate surface area is 162 Å². The van der Waals surface area contributed by atoms with Crippen LogP contribution in [0, 0.1) is 5.92 Å². The topological polar surface area (TPSA) is 65.7 Å². The number of carbonyl (C=O) groups is 1. The fourth-order valence-electron chi connectivity index (χ4n) is 4.76. The lowest BCUT2D eigenvalue weighted by atomic mass is 9.93. The molecule has 27 heavy (non-hydrogen) atoms. The van der Waals surface area contributed by atoms with E-state index in [1.807, 2.05) is 0 Å². The van der Waals surface area contributed by atoms with Gasteiger partial charge in [-0.1, -0.05) is 13.8 Å². The van der Waals surface area contributed by atoms with Crippen LogP contribution in [0.15, 0.2) is 4.52 Å². The Balaban J connectivity index is 1.30. The van der Waals surface area contributed by atoms with Crippen LogP contribution in [0.5, 0.6) is 0 Å². The molecule has 0 radical (unpaired) electrons. The third-order valence-corrected chi connectivity index (χ3v) is 6.41. The molecule has 1 aromatic rings. The molecule has 4 rings (SSSR count). The van der Waals surface area contributed by atoms with Crippen molar-refractivity contribution in [2.45, 2.75) is 64.3 Å². The van der Waals surface area contributed by atoms with E-state index in [0.29, 0.717) is 17.8 Å². The zero-order valence-electron chi connectivity index (χ0n) is 16.8. The van der Waals surface area contributed by atoms with Crippen molar-refractivity contribution in [3.05, 3.63) is 5.89 Å². The van der Waals surface area contributed by atoms with Crippen LogP contribution >= 0.6 is 0 Å². The predicted molar refractivity (Wildman–Crippen MR) is 104 cm³/mol. The Morgan fingerprint density at radius 1 is 1.04 bits per heavy atom. The third-order valence-electron chi connectivity index (χ3n) is 6.41. The summed E-state index contributed by atoms with van der Waals surface area (Å²) in [6, 6.07) is 0.576. The van der Waals surface area contributed by atoms with Crippen LogP contribution in [-0.2, 0) is 4.79 Å². The molecule has 0 saturated carbocycles. The maximum absolute atomic E-state index is 12.8. The van der Waals surface area contributed by atoms with Crippen molar-refractivity contribution in [1.29, 1.82) is 0 Å². The number of hydrogen-bond acceptors (Lipinski definition) is 6. The summed E-state index contributed by atoms with van der Waals surface area (Å²) in [6.07, 6.45) is 6.77. The van der Waals surface area contributed by atoms with E-state index in [0.717, 1.165) is 70.9 Å². The first kappa shape index (κ1) is 18.7. The van der Waals surface area contributed by atoms with Crippen molar-refractivity contribution in [3.63, 3.8) is 0 Å². The number of piperidine rings is 2. The second kappa shape index (κ2) is 8.17. The summed E-state index contributed by atoms with van der Waals surface area (Å²) in [5.41, 5.74) is 0. The zero-order valence-corrected chi connectivity index (χ0v) is 16.8. The summed E-state index contributed by atoms with van der Waals surface area (Å²) in [7, 11) is 0. The maximum Gasteiger partial charge on any atom is 0.266 e. The number of rotatable bonds is 4. The molecule has 4 heterocycles. The van der Waals surface area contributed by atoms with Crippen LogP contribution in [0.4, 0.5) is 5.95 Å². The van der Waals surface area contributed by atoms with Gasteiger partial charge >= 0.3 is 0 Å². The van der Waals surface area contributed by atoms with Crippen LogP contribution in [0.1, 0.15) is 64.2 Å².